The van der Waals surface area contributed by atoms with Crippen LogP contribution >= 0.6 is 23.2 Å². The molecular formula is C13H6Cl2F3N3. The third kappa shape index (κ3) is 2.34. The molecule has 108 valence electrons. The Kier molecular flexibility index (Phi) is 3.51. The zero-order valence-corrected chi connectivity index (χ0v) is 11.8. The highest BCUT2D eigenvalue weighted by molar-refractivity contribution is 6.31. The third-order valence-electron chi connectivity index (χ3n) is 2.86. The van der Waals surface area contributed by atoms with Gasteiger partial charge in [-0.1, -0.05) is 11.6 Å². The van der Waals surface area contributed by atoms with Crippen LogP contribution in [-0.2, 0) is 5.88 Å². The SMILES string of the molecule is Fc1cc(F)c(-n2c(CCl)nc3cc(Cl)cnc32)c(F)c1. The minimum atomic E-state index is -1.07. The van der Waals surface area contributed by atoms with Gasteiger partial charge in [0.05, 0.1) is 10.9 Å². The summed E-state index contributed by atoms with van der Waals surface area (Å²) in [6.45, 7) is 0. The molecule has 0 N–H and O–H groups in total. The van der Waals surface area contributed by atoms with Crippen LogP contribution in [0.25, 0.3) is 16.9 Å². The zero-order valence-electron chi connectivity index (χ0n) is 10.2. The van der Waals surface area contributed by atoms with E-state index in [2.05, 4.69) is 9.97 Å². The Balaban J connectivity index is 2.39. The summed E-state index contributed by atoms with van der Waals surface area (Å²) < 4.78 is 42.1. The maximum Gasteiger partial charge on any atom is 0.164 e. The zero-order chi connectivity index (χ0) is 15.1. The third-order valence-corrected chi connectivity index (χ3v) is 3.30. The molecule has 2 aromatic heterocycles. The molecule has 0 radical (unpaired) electrons. The number of imidazole rings is 1. The van der Waals surface area contributed by atoms with Crippen LogP contribution in [0.4, 0.5) is 13.2 Å². The lowest BCUT2D eigenvalue weighted by molar-refractivity contribution is 0.533. The lowest BCUT2D eigenvalue weighted by Crippen LogP contribution is -2.06. The summed E-state index contributed by atoms with van der Waals surface area (Å²) in [5.41, 5.74) is 0.0325. The maximum atomic E-state index is 14.0. The number of nitrogens with zero attached hydrogens (tertiary/aromatic N) is 3. The van der Waals surface area contributed by atoms with Crippen LogP contribution in [0.3, 0.4) is 0 Å². The molecule has 0 saturated carbocycles. The number of fused-ring (bicyclic) bond motifs is 1. The van der Waals surface area contributed by atoms with Crippen LogP contribution < -0.4 is 0 Å². The van der Waals surface area contributed by atoms with Gasteiger partial charge in [-0.25, -0.2) is 23.1 Å². The number of aromatic nitrogens is 3. The Bertz CT molecular complexity index is 825. The molecule has 0 aliphatic carbocycles. The number of benzene rings is 1. The van der Waals surface area contributed by atoms with E-state index >= 15 is 0 Å². The summed E-state index contributed by atoms with van der Waals surface area (Å²) in [6, 6.07) is 2.66. The molecule has 2 heterocycles. The van der Waals surface area contributed by atoms with Gasteiger partial charge in [-0.3, -0.25) is 4.57 Å². The summed E-state index contributed by atoms with van der Waals surface area (Å²) in [6.07, 6.45) is 1.32. The van der Waals surface area contributed by atoms with Crippen LogP contribution in [-0.4, -0.2) is 14.5 Å². The second kappa shape index (κ2) is 5.20. The van der Waals surface area contributed by atoms with Gasteiger partial charge < -0.3 is 0 Å². The molecule has 3 aromatic rings. The number of pyridine rings is 1. The predicted octanol–water partition coefficient (Wildman–Crippen LogP) is 4.23. The van der Waals surface area contributed by atoms with Crippen LogP contribution in [0.2, 0.25) is 5.02 Å². The molecule has 0 spiro atoms. The second-order valence-corrected chi connectivity index (χ2v) is 4.92. The minimum absolute atomic E-state index is 0.107. The van der Waals surface area contributed by atoms with Crippen molar-refractivity contribution in [1.29, 1.82) is 0 Å². The van der Waals surface area contributed by atoms with E-state index in [-0.39, 0.29) is 17.4 Å². The van der Waals surface area contributed by atoms with Crippen molar-refractivity contribution >= 4 is 34.4 Å². The van der Waals surface area contributed by atoms with Gasteiger partial charge in [0.1, 0.15) is 22.8 Å². The van der Waals surface area contributed by atoms with Gasteiger partial charge in [0.15, 0.2) is 17.3 Å². The average Bonchev–Trinajstić information content (AvgIpc) is 2.75. The van der Waals surface area contributed by atoms with Gasteiger partial charge in [0.2, 0.25) is 0 Å². The summed E-state index contributed by atoms with van der Waals surface area (Å²) in [5.74, 6) is -3.10. The highest BCUT2D eigenvalue weighted by Crippen LogP contribution is 2.27. The van der Waals surface area contributed by atoms with E-state index in [1.165, 1.54) is 12.3 Å². The fourth-order valence-corrected chi connectivity index (χ4v) is 2.39. The van der Waals surface area contributed by atoms with Gasteiger partial charge in [-0.2, -0.15) is 0 Å². The van der Waals surface area contributed by atoms with E-state index in [9.17, 15) is 13.2 Å². The molecule has 0 saturated heterocycles. The summed E-state index contributed by atoms with van der Waals surface area (Å²) >= 11 is 11.6. The molecule has 8 heteroatoms. The Morgan fingerprint density at radius 2 is 1.76 bits per heavy atom. The standard InChI is InChI=1S/C13H6Cl2F3N3/c14-4-11-20-10-1-6(15)5-19-13(10)21(11)12-8(17)2-7(16)3-9(12)18/h1-3,5H,4H2. The molecule has 3 rings (SSSR count). The summed E-state index contributed by atoms with van der Waals surface area (Å²) in [7, 11) is 0. The van der Waals surface area contributed by atoms with Crippen molar-refractivity contribution in [3.05, 3.63) is 52.7 Å². The first kappa shape index (κ1) is 14.2. The van der Waals surface area contributed by atoms with Crippen molar-refractivity contribution in [2.24, 2.45) is 0 Å². The van der Waals surface area contributed by atoms with E-state index in [1.54, 1.807) is 0 Å². The Morgan fingerprint density at radius 3 is 2.38 bits per heavy atom. The first-order valence-corrected chi connectivity index (χ1v) is 6.66. The van der Waals surface area contributed by atoms with E-state index in [1.807, 2.05) is 0 Å². The lowest BCUT2D eigenvalue weighted by atomic mass is 10.2. The normalized spacial score (nSPS) is 11.3. The van der Waals surface area contributed by atoms with Gasteiger partial charge in [0.25, 0.3) is 0 Å². The monoisotopic (exact) mass is 331 g/mol. The van der Waals surface area contributed by atoms with E-state index in [0.717, 1.165) is 4.57 Å². The highest BCUT2D eigenvalue weighted by atomic mass is 35.5. The van der Waals surface area contributed by atoms with Crippen molar-refractivity contribution in [2.45, 2.75) is 5.88 Å². The Labute approximate surface area is 126 Å². The van der Waals surface area contributed by atoms with Crippen LogP contribution in [0.5, 0.6) is 0 Å². The molecular weight excluding hydrogens is 326 g/mol. The first-order valence-electron chi connectivity index (χ1n) is 5.75. The molecule has 0 bridgehead atoms. The van der Waals surface area contributed by atoms with Crippen LogP contribution in [0.15, 0.2) is 24.4 Å². The minimum Gasteiger partial charge on any atom is -0.274 e. The molecule has 3 nitrogen and oxygen atoms in total. The van der Waals surface area contributed by atoms with E-state index in [0.29, 0.717) is 22.7 Å². The molecule has 0 aliphatic heterocycles. The molecule has 0 unspecified atom stereocenters. The van der Waals surface area contributed by atoms with Crippen molar-refractivity contribution in [3.8, 4) is 5.69 Å². The molecule has 1 aromatic carbocycles. The van der Waals surface area contributed by atoms with Gasteiger partial charge in [0, 0.05) is 18.3 Å². The highest BCUT2D eigenvalue weighted by Gasteiger charge is 2.20. The van der Waals surface area contributed by atoms with E-state index < -0.39 is 23.1 Å². The fraction of sp³-hybridized carbons (Fsp3) is 0.0769. The Morgan fingerprint density at radius 1 is 1.10 bits per heavy atom. The van der Waals surface area contributed by atoms with Crippen LogP contribution in [0.1, 0.15) is 5.82 Å². The van der Waals surface area contributed by atoms with E-state index in [4.69, 9.17) is 23.2 Å². The average molecular weight is 332 g/mol. The second-order valence-electron chi connectivity index (χ2n) is 4.21. The Hall–Kier alpha value is -1.79. The van der Waals surface area contributed by atoms with Crippen LogP contribution in [0, 0.1) is 17.5 Å². The topological polar surface area (TPSA) is 30.7 Å². The predicted molar refractivity (Wildman–Crippen MR) is 73.3 cm³/mol. The number of alkyl halides is 1. The quantitative estimate of drug-likeness (QED) is 0.658. The number of rotatable bonds is 2. The van der Waals surface area contributed by atoms with Crippen molar-refractivity contribution < 1.29 is 13.2 Å². The summed E-state index contributed by atoms with van der Waals surface area (Å²) in [5, 5.41) is 0.327. The molecule has 0 fully saturated rings. The fourth-order valence-electron chi connectivity index (χ4n) is 2.06. The number of halogens is 5. The number of hydrogen-bond acceptors (Lipinski definition) is 2. The molecule has 0 aliphatic rings. The maximum absolute atomic E-state index is 14.0. The smallest absolute Gasteiger partial charge is 0.164 e. The van der Waals surface area contributed by atoms with Gasteiger partial charge in [-0.15, -0.1) is 11.6 Å². The van der Waals surface area contributed by atoms with Crippen molar-refractivity contribution in [1.82, 2.24) is 14.5 Å². The molecule has 21 heavy (non-hydrogen) atoms. The number of hydrogen-bond donors (Lipinski definition) is 0. The van der Waals surface area contributed by atoms with Gasteiger partial charge in [-0.05, 0) is 6.07 Å². The molecule has 0 atom stereocenters. The van der Waals surface area contributed by atoms with Crippen molar-refractivity contribution in [2.75, 3.05) is 0 Å². The first-order chi connectivity index (χ1) is 10.0. The summed E-state index contributed by atoms with van der Waals surface area (Å²) in [4.78, 5) is 8.14. The molecule has 0 amide bonds. The lowest BCUT2D eigenvalue weighted by Gasteiger charge is -2.09. The van der Waals surface area contributed by atoms with Gasteiger partial charge >= 0.3 is 0 Å². The largest absolute Gasteiger partial charge is 0.274 e. The van der Waals surface area contributed by atoms with Crippen molar-refractivity contribution in [3.63, 3.8) is 0 Å².